The molecule has 5 heterocycles. The summed E-state index contributed by atoms with van der Waals surface area (Å²) in [5.74, 6) is -0.0297. The molecule has 3 aromatic heterocycles. The summed E-state index contributed by atoms with van der Waals surface area (Å²) in [4.78, 5) is 30.8. The zero-order valence-corrected chi connectivity index (χ0v) is 29.0. The van der Waals surface area contributed by atoms with Crippen molar-refractivity contribution >= 4 is 58.2 Å². The minimum Gasteiger partial charge on any atom is -0.354 e. The molecule has 0 spiro atoms. The number of carbonyl (C=O) groups excluding carboxylic acids is 1. The number of ketones is 1. The van der Waals surface area contributed by atoms with Gasteiger partial charge in [0.25, 0.3) is 0 Å². The van der Waals surface area contributed by atoms with Crippen molar-refractivity contribution < 1.29 is 4.79 Å². The standard InChI is InChI=1S/C48H34N4O/c1-31(53)22-23-36-30-43-46(34-18-10-4-11-19-34)41-27-26-39(50-41)44(32-14-6-2-7-15-32)37-24-25-38(49-37)45(33-16-8-3-9-17-33)40-28-29-42(51-40)47(48(36)52-43)35-20-12-5-13-21-35/h2-30,49,52H,1H3/b23-22+,44-37?,44-39?,45-38?,45-40?,46-41?,46-43?,47-42?,48-47?. The third-order valence-electron chi connectivity index (χ3n) is 9.64. The molecule has 0 fully saturated rings. The Morgan fingerprint density at radius 1 is 0.472 bits per heavy atom. The van der Waals surface area contributed by atoms with Crippen LogP contribution in [0.25, 0.3) is 97.0 Å². The fourth-order valence-electron chi connectivity index (χ4n) is 7.28. The monoisotopic (exact) mass is 682 g/mol. The Labute approximate surface area is 307 Å². The van der Waals surface area contributed by atoms with Crippen molar-refractivity contribution in [1.82, 2.24) is 19.9 Å². The van der Waals surface area contributed by atoms with E-state index in [0.29, 0.717) is 0 Å². The topological polar surface area (TPSA) is 74.4 Å². The average molecular weight is 683 g/mol. The highest BCUT2D eigenvalue weighted by Crippen LogP contribution is 2.39. The summed E-state index contributed by atoms with van der Waals surface area (Å²) in [5, 5.41) is 0. The maximum Gasteiger partial charge on any atom is 0.152 e. The van der Waals surface area contributed by atoms with Gasteiger partial charge in [-0.2, -0.15) is 0 Å². The number of H-pyrrole nitrogens is 2. The highest BCUT2D eigenvalue weighted by molar-refractivity contribution is 6.03. The molecule has 0 amide bonds. The number of carbonyl (C=O) groups is 1. The lowest BCUT2D eigenvalue weighted by molar-refractivity contribution is -0.112. The van der Waals surface area contributed by atoms with Crippen LogP contribution in [0.3, 0.4) is 0 Å². The Kier molecular flexibility index (Phi) is 8.14. The summed E-state index contributed by atoms with van der Waals surface area (Å²) in [6.45, 7) is 1.57. The number of aromatic amines is 2. The zero-order valence-electron chi connectivity index (χ0n) is 29.0. The van der Waals surface area contributed by atoms with E-state index in [2.05, 4.69) is 125 Å². The maximum atomic E-state index is 12.4. The highest BCUT2D eigenvalue weighted by Gasteiger charge is 2.20. The number of hydrogen-bond donors (Lipinski definition) is 2. The summed E-state index contributed by atoms with van der Waals surface area (Å²) in [7, 11) is 0. The van der Waals surface area contributed by atoms with E-state index in [1.165, 1.54) is 0 Å². The fourth-order valence-corrected chi connectivity index (χ4v) is 7.28. The van der Waals surface area contributed by atoms with E-state index < -0.39 is 0 Å². The van der Waals surface area contributed by atoms with Gasteiger partial charge in [0.05, 0.1) is 28.3 Å². The van der Waals surface area contributed by atoms with Gasteiger partial charge < -0.3 is 9.97 Å². The lowest BCUT2D eigenvalue weighted by atomic mass is 10.0. The molecule has 252 valence electrons. The molecule has 53 heavy (non-hydrogen) atoms. The van der Waals surface area contributed by atoms with Crippen molar-refractivity contribution in [3.8, 4) is 44.5 Å². The Hall–Kier alpha value is -7.11. The van der Waals surface area contributed by atoms with Crippen LogP contribution < -0.4 is 0 Å². The van der Waals surface area contributed by atoms with Gasteiger partial charge in [-0.1, -0.05) is 121 Å². The quantitative estimate of drug-likeness (QED) is 0.171. The third-order valence-corrected chi connectivity index (χ3v) is 9.64. The molecule has 0 saturated heterocycles. The van der Waals surface area contributed by atoms with Crippen molar-refractivity contribution in [1.29, 1.82) is 0 Å². The van der Waals surface area contributed by atoms with Gasteiger partial charge in [-0.25, -0.2) is 9.97 Å². The van der Waals surface area contributed by atoms with Gasteiger partial charge in [-0.05, 0) is 83.8 Å². The Bertz CT molecular complexity index is 2770. The first-order chi connectivity index (χ1) is 26.1. The maximum absolute atomic E-state index is 12.4. The summed E-state index contributed by atoms with van der Waals surface area (Å²) in [6.07, 6.45) is 11.9. The van der Waals surface area contributed by atoms with E-state index in [0.717, 1.165) is 94.9 Å². The second kappa shape index (κ2) is 13.5. The number of aromatic nitrogens is 4. The van der Waals surface area contributed by atoms with E-state index in [1.54, 1.807) is 13.0 Å². The summed E-state index contributed by atoms with van der Waals surface area (Å²) < 4.78 is 0. The molecule has 0 saturated carbocycles. The van der Waals surface area contributed by atoms with Crippen molar-refractivity contribution in [2.75, 3.05) is 0 Å². The molecule has 4 aromatic carbocycles. The molecule has 0 radical (unpaired) electrons. The molecule has 5 nitrogen and oxygen atoms in total. The number of allylic oxidation sites excluding steroid dienone is 1. The van der Waals surface area contributed by atoms with Crippen molar-refractivity contribution in [2.45, 2.75) is 6.92 Å². The van der Waals surface area contributed by atoms with Crippen molar-refractivity contribution in [3.05, 3.63) is 174 Å². The van der Waals surface area contributed by atoms with Crippen LogP contribution in [0.1, 0.15) is 35.3 Å². The molecule has 2 aliphatic rings. The number of nitrogens with zero attached hydrogens (tertiary/aromatic N) is 2. The predicted octanol–water partition coefficient (Wildman–Crippen LogP) is 11.9. The van der Waals surface area contributed by atoms with Crippen molar-refractivity contribution in [2.24, 2.45) is 0 Å². The molecule has 5 heteroatoms. The molecule has 0 unspecified atom stereocenters. The number of fused-ring (bicyclic) bond motifs is 8. The minimum atomic E-state index is -0.0297. The number of rotatable bonds is 6. The van der Waals surface area contributed by atoms with E-state index in [9.17, 15) is 4.79 Å². The first-order valence-corrected chi connectivity index (χ1v) is 17.7. The Balaban J connectivity index is 1.52. The first kappa shape index (κ1) is 31.8. The van der Waals surface area contributed by atoms with Gasteiger partial charge in [-0.15, -0.1) is 0 Å². The molecule has 8 bridgehead atoms. The highest BCUT2D eigenvalue weighted by atomic mass is 16.1. The van der Waals surface area contributed by atoms with Gasteiger partial charge in [0.15, 0.2) is 5.78 Å². The Morgan fingerprint density at radius 3 is 1.26 bits per heavy atom. The van der Waals surface area contributed by atoms with Crippen LogP contribution in [-0.4, -0.2) is 25.7 Å². The van der Waals surface area contributed by atoms with Crippen LogP contribution >= 0.6 is 0 Å². The first-order valence-electron chi connectivity index (χ1n) is 17.7. The molecular weight excluding hydrogens is 649 g/mol. The number of nitrogens with one attached hydrogen (secondary N) is 2. The van der Waals surface area contributed by atoms with Crippen LogP contribution in [0, 0.1) is 0 Å². The van der Waals surface area contributed by atoms with Crippen molar-refractivity contribution in [3.63, 3.8) is 0 Å². The molecule has 7 aromatic rings. The summed E-state index contributed by atoms with van der Waals surface area (Å²) >= 11 is 0. The summed E-state index contributed by atoms with van der Waals surface area (Å²) in [5.41, 5.74) is 15.9. The normalized spacial score (nSPS) is 12.1. The molecular formula is C48H34N4O. The van der Waals surface area contributed by atoms with E-state index >= 15 is 0 Å². The zero-order chi connectivity index (χ0) is 35.7. The number of benzene rings is 4. The van der Waals surface area contributed by atoms with Gasteiger partial charge >= 0.3 is 0 Å². The van der Waals surface area contributed by atoms with Gasteiger partial charge in [0.2, 0.25) is 0 Å². The van der Waals surface area contributed by atoms with Gasteiger partial charge in [0, 0.05) is 44.4 Å². The smallest absolute Gasteiger partial charge is 0.152 e. The molecule has 0 aliphatic carbocycles. The van der Waals surface area contributed by atoms with Crippen LogP contribution in [0.5, 0.6) is 0 Å². The van der Waals surface area contributed by atoms with Gasteiger partial charge in [0.1, 0.15) is 0 Å². The minimum absolute atomic E-state index is 0.0297. The van der Waals surface area contributed by atoms with E-state index in [-0.39, 0.29) is 5.78 Å². The fraction of sp³-hybridized carbons (Fsp3) is 0.0208. The largest absolute Gasteiger partial charge is 0.354 e. The lowest BCUT2D eigenvalue weighted by Crippen LogP contribution is -1.90. The van der Waals surface area contributed by atoms with E-state index in [4.69, 9.17) is 9.97 Å². The second-order valence-electron chi connectivity index (χ2n) is 13.1. The lowest BCUT2D eigenvalue weighted by Gasteiger charge is -2.07. The van der Waals surface area contributed by atoms with E-state index in [1.807, 2.05) is 54.6 Å². The molecule has 2 N–H and O–H groups in total. The molecule has 9 rings (SSSR count). The third kappa shape index (κ3) is 6.04. The molecule has 0 atom stereocenters. The second-order valence-corrected chi connectivity index (χ2v) is 13.1. The van der Waals surface area contributed by atoms with Crippen LogP contribution in [0.4, 0.5) is 0 Å². The summed E-state index contributed by atoms with van der Waals surface area (Å²) in [6, 6.07) is 47.9. The molecule has 2 aliphatic heterocycles. The number of hydrogen-bond acceptors (Lipinski definition) is 3. The average Bonchev–Trinajstić information content (AvgIpc) is 4.03. The SMILES string of the molecule is CC(=O)/C=C/c1cc2[nH]c1c(-c1ccccc1)c1nc(c(-c3ccccc3)c3ccc([nH]3)c(-c3ccccc3)c3nc(c2-c2ccccc2)C=C3)C=C1. The van der Waals surface area contributed by atoms with Crippen LogP contribution in [0.2, 0.25) is 0 Å². The van der Waals surface area contributed by atoms with Gasteiger partial charge in [-0.3, -0.25) is 4.79 Å². The van der Waals surface area contributed by atoms with Crippen LogP contribution in [0.15, 0.2) is 146 Å². The predicted molar refractivity (Wildman–Crippen MR) is 220 cm³/mol. The Morgan fingerprint density at radius 2 is 0.849 bits per heavy atom. The van der Waals surface area contributed by atoms with Crippen LogP contribution in [-0.2, 0) is 4.79 Å².